The first kappa shape index (κ1) is 13.9. The molecule has 3 rings (SSSR count). The van der Waals surface area contributed by atoms with E-state index in [4.69, 9.17) is 4.74 Å². The quantitative estimate of drug-likeness (QED) is 0.772. The summed E-state index contributed by atoms with van der Waals surface area (Å²) in [5, 5.41) is 12.5. The Balaban J connectivity index is 1.71. The van der Waals surface area contributed by atoms with Crippen LogP contribution in [0.4, 0.5) is 0 Å². The van der Waals surface area contributed by atoms with Gasteiger partial charge in [0.1, 0.15) is 11.4 Å². The summed E-state index contributed by atoms with van der Waals surface area (Å²) in [5.41, 5.74) is 1.58. The molecule has 3 aromatic rings. The number of amides is 1. The number of imidazole rings is 1. The van der Waals surface area contributed by atoms with Crippen molar-refractivity contribution in [2.24, 2.45) is 0 Å². The molecule has 0 spiro atoms. The van der Waals surface area contributed by atoms with Crippen LogP contribution in [0.2, 0.25) is 0 Å². The van der Waals surface area contributed by atoms with Crippen molar-refractivity contribution in [3.8, 4) is 11.5 Å². The van der Waals surface area contributed by atoms with Crippen LogP contribution >= 0.6 is 0 Å². The van der Waals surface area contributed by atoms with E-state index >= 15 is 0 Å². The third-order valence-electron chi connectivity index (χ3n) is 3.31. The van der Waals surface area contributed by atoms with Gasteiger partial charge in [-0.3, -0.25) is 4.79 Å². The molecular formula is C16H15N3O3. The minimum Gasteiger partial charge on any atom is -0.504 e. The number of ether oxygens (including phenoxy) is 1. The number of nitrogens with one attached hydrogen (secondary N) is 1. The highest BCUT2D eigenvalue weighted by Crippen LogP contribution is 2.17. The van der Waals surface area contributed by atoms with Crippen LogP contribution in [-0.4, -0.2) is 27.5 Å². The van der Waals surface area contributed by atoms with Gasteiger partial charge < -0.3 is 19.6 Å². The number of rotatable bonds is 4. The topological polar surface area (TPSA) is 75.9 Å². The molecule has 6 nitrogen and oxygen atoms in total. The number of aromatic hydroxyl groups is 1. The average Bonchev–Trinajstić information content (AvgIpc) is 2.99. The van der Waals surface area contributed by atoms with E-state index in [1.807, 2.05) is 24.3 Å². The molecule has 0 saturated carbocycles. The van der Waals surface area contributed by atoms with Crippen molar-refractivity contribution < 1.29 is 14.6 Å². The minimum atomic E-state index is -0.293. The van der Waals surface area contributed by atoms with Crippen molar-refractivity contribution in [2.75, 3.05) is 7.11 Å². The van der Waals surface area contributed by atoms with E-state index in [0.717, 1.165) is 11.3 Å². The molecule has 0 aliphatic heterocycles. The fraction of sp³-hybridized carbons (Fsp3) is 0.125. The lowest BCUT2D eigenvalue weighted by molar-refractivity contribution is 0.0946. The maximum atomic E-state index is 12.1. The highest BCUT2D eigenvalue weighted by Gasteiger charge is 2.12. The molecule has 0 atom stereocenters. The molecule has 0 radical (unpaired) electrons. The van der Waals surface area contributed by atoms with Gasteiger partial charge in [-0.25, -0.2) is 4.98 Å². The highest BCUT2D eigenvalue weighted by atomic mass is 16.5. The van der Waals surface area contributed by atoms with Gasteiger partial charge in [-0.15, -0.1) is 0 Å². The lowest BCUT2D eigenvalue weighted by Crippen LogP contribution is -2.23. The van der Waals surface area contributed by atoms with Gasteiger partial charge in [-0.2, -0.15) is 0 Å². The summed E-state index contributed by atoms with van der Waals surface area (Å²) >= 11 is 0. The molecule has 0 unspecified atom stereocenters. The molecule has 0 aliphatic carbocycles. The number of fused-ring (bicyclic) bond motifs is 1. The zero-order chi connectivity index (χ0) is 15.5. The highest BCUT2D eigenvalue weighted by molar-refractivity contribution is 5.93. The smallest absolute Gasteiger partial charge is 0.271 e. The standard InChI is InChI=1S/C16H15N3O3/c1-22-12-6-4-11(5-7-12)9-17-16(21)13-10-19-8-2-3-14(20)15(19)18-13/h2-8,10,20H,9H2,1H3,(H,17,21). The second kappa shape index (κ2) is 5.77. The molecule has 0 bridgehead atoms. The third kappa shape index (κ3) is 2.71. The maximum absolute atomic E-state index is 12.1. The maximum Gasteiger partial charge on any atom is 0.271 e. The first-order chi connectivity index (χ1) is 10.7. The summed E-state index contributed by atoms with van der Waals surface area (Å²) in [7, 11) is 1.61. The molecule has 0 fully saturated rings. The Hall–Kier alpha value is -3.02. The van der Waals surface area contributed by atoms with Crippen molar-refractivity contribution in [2.45, 2.75) is 6.54 Å². The Kier molecular flexibility index (Phi) is 3.65. The average molecular weight is 297 g/mol. The van der Waals surface area contributed by atoms with Crippen LogP contribution in [0.25, 0.3) is 5.65 Å². The number of carbonyl (C=O) groups excluding carboxylic acids is 1. The first-order valence-corrected chi connectivity index (χ1v) is 6.75. The van der Waals surface area contributed by atoms with Crippen LogP contribution in [-0.2, 0) is 6.54 Å². The van der Waals surface area contributed by atoms with E-state index in [9.17, 15) is 9.90 Å². The normalized spacial score (nSPS) is 10.6. The number of pyridine rings is 1. The van der Waals surface area contributed by atoms with Gasteiger partial charge in [0.15, 0.2) is 11.4 Å². The van der Waals surface area contributed by atoms with E-state index in [-0.39, 0.29) is 17.4 Å². The van der Waals surface area contributed by atoms with Crippen molar-refractivity contribution >= 4 is 11.6 Å². The molecule has 2 aromatic heterocycles. The molecule has 2 N–H and O–H groups in total. The molecule has 6 heteroatoms. The fourth-order valence-electron chi connectivity index (χ4n) is 2.12. The molecule has 1 aromatic carbocycles. The molecule has 1 amide bonds. The van der Waals surface area contributed by atoms with Gasteiger partial charge in [-0.05, 0) is 29.8 Å². The number of hydrogen-bond donors (Lipinski definition) is 2. The number of nitrogens with zero attached hydrogens (tertiary/aromatic N) is 2. The Morgan fingerprint density at radius 3 is 2.77 bits per heavy atom. The zero-order valence-electron chi connectivity index (χ0n) is 12.0. The molecule has 112 valence electrons. The Morgan fingerprint density at radius 2 is 2.09 bits per heavy atom. The SMILES string of the molecule is COc1ccc(CNC(=O)c2cn3cccc(O)c3n2)cc1. The molecular weight excluding hydrogens is 282 g/mol. The van der Waals surface area contributed by atoms with Crippen LogP contribution in [0.15, 0.2) is 48.8 Å². The fourth-order valence-corrected chi connectivity index (χ4v) is 2.12. The van der Waals surface area contributed by atoms with Gasteiger partial charge in [0.05, 0.1) is 7.11 Å². The third-order valence-corrected chi connectivity index (χ3v) is 3.31. The number of benzene rings is 1. The van der Waals surface area contributed by atoms with E-state index in [0.29, 0.717) is 12.2 Å². The molecule has 2 heterocycles. The monoisotopic (exact) mass is 297 g/mol. The van der Waals surface area contributed by atoms with E-state index in [1.54, 1.807) is 30.0 Å². The Morgan fingerprint density at radius 1 is 1.32 bits per heavy atom. The lowest BCUT2D eigenvalue weighted by atomic mass is 10.2. The van der Waals surface area contributed by atoms with Crippen molar-refractivity contribution in [1.29, 1.82) is 0 Å². The van der Waals surface area contributed by atoms with E-state index in [2.05, 4.69) is 10.3 Å². The Labute approximate surface area is 127 Å². The summed E-state index contributed by atoms with van der Waals surface area (Å²) in [6.07, 6.45) is 3.31. The van der Waals surface area contributed by atoms with E-state index < -0.39 is 0 Å². The lowest BCUT2D eigenvalue weighted by Gasteiger charge is -2.04. The van der Waals surface area contributed by atoms with Crippen LogP contribution in [0, 0.1) is 0 Å². The second-order valence-electron chi connectivity index (χ2n) is 4.78. The minimum absolute atomic E-state index is 0.0386. The number of carbonyl (C=O) groups is 1. The van der Waals surface area contributed by atoms with Crippen LogP contribution < -0.4 is 10.1 Å². The van der Waals surface area contributed by atoms with Crippen molar-refractivity contribution in [3.05, 3.63) is 60.0 Å². The summed E-state index contributed by atoms with van der Waals surface area (Å²) in [5.74, 6) is 0.515. The predicted octanol–water partition coefficient (Wildman–Crippen LogP) is 1.98. The van der Waals surface area contributed by atoms with Gasteiger partial charge in [-0.1, -0.05) is 12.1 Å². The van der Waals surface area contributed by atoms with Crippen molar-refractivity contribution in [3.63, 3.8) is 0 Å². The van der Waals surface area contributed by atoms with Crippen LogP contribution in [0.3, 0.4) is 0 Å². The predicted molar refractivity (Wildman–Crippen MR) is 81.0 cm³/mol. The molecule has 0 saturated heterocycles. The summed E-state index contributed by atoms with van der Waals surface area (Å²) in [6.45, 7) is 0.392. The summed E-state index contributed by atoms with van der Waals surface area (Å²) in [4.78, 5) is 16.3. The van der Waals surface area contributed by atoms with Gasteiger partial charge in [0.25, 0.3) is 5.91 Å². The number of aromatic nitrogens is 2. The van der Waals surface area contributed by atoms with Gasteiger partial charge in [0, 0.05) is 18.9 Å². The summed E-state index contributed by atoms with van der Waals surface area (Å²) in [6, 6.07) is 10.7. The van der Waals surface area contributed by atoms with Gasteiger partial charge in [0.2, 0.25) is 0 Å². The zero-order valence-corrected chi connectivity index (χ0v) is 12.0. The van der Waals surface area contributed by atoms with Crippen LogP contribution in [0.5, 0.6) is 11.5 Å². The molecule has 22 heavy (non-hydrogen) atoms. The van der Waals surface area contributed by atoms with Gasteiger partial charge >= 0.3 is 0 Å². The summed E-state index contributed by atoms with van der Waals surface area (Å²) < 4.78 is 6.69. The Bertz CT molecular complexity index is 809. The van der Waals surface area contributed by atoms with Crippen molar-refractivity contribution in [1.82, 2.24) is 14.7 Å². The first-order valence-electron chi connectivity index (χ1n) is 6.75. The largest absolute Gasteiger partial charge is 0.504 e. The van der Waals surface area contributed by atoms with E-state index in [1.165, 1.54) is 6.07 Å². The molecule has 0 aliphatic rings. The second-order valence-corrected chi connectivity index (χ2v) is 4.78. The van der Waals surface area contributed by atoms with Crippen LogP contribution in [0.1, 0.15) is 16.1 Å². The number of hydrogen-bond acceptors (Lipinski definition) is 4. The number of methoxy groups -OCH3 is 1.